The molecule has 31 heavy (non-hydrogen) atoms. The van der Waals surface area contributed by atoms with Crippen LogP contribution >= 0.6 is 0 Å². The lowest BCUT2D eigenvalue weighted by Crippen LogP contribution is -2.21. The Balaban J connectivity index is 1.63. The third kappa shape index (κ3) is 4.92. The standard InChI is InChI=1S/C21H25FN8O/c1-12-9-14-15(24-12)5-6-16(20(14)22)31-21-26-17(23-7-8-30(3)4)11-18(27-21)25-19-10-13(2)28-29-19/h5-6,9-11,24H,7-8H2,1-4H3,(H3,23,25,26,27,28,29). The monoisotopic (exact) mass is 424 g/mol. The molecule has 0 radical (unpaired) electrons. The smallest absolute Gasteiger partial charge is 0.326 e. The van der Waals surface area contributed by atoms with Crippen molar-refractivity contribution in [3.8, 4) is 11.8 Å². The highest BCUT2D eigenvalue weighted by molar-refractivity contribution is 5.82. The van der Waals surface area contributed by atoms with Crippen molar-refractivity contribution in [2.45, 2.75) is 13.8 Å². The molecule has 10 heteroatoms. The van der Waals surface area contributed by atoms with Gasteiger partial charge in [-0.3, -0.25) is 5.10 Å². The van der Waals surface area contributed by atoms with E-state index in [1.807, 2.05) is 34.0 Å². The highest BCUT2D eigenvalue weighted by atomic mass is 19.1. The van der Waals surface area contributed by atoms with Crippen molar-refractivity contribution >= 4 is 28.4 Å². The number of anilines is 3. The number of nitrogens with one attached hydrogen (secondary N) is 4. The summed E-state index contributed by atoms with van der Waals surface area (Å²) in [6.45, 7) is 5.27. The molecule has 0 spiro atoms. The Labute approximate surface area is 179 Å². The molecule has 1 aromatic carbocycles. The molecule has 0 saturated heterocycles. The summed E-state index contributed by atoms with van der Waals surface area (Å²) in [6.07, 6.45) is 0. The Kier molecular flexibility index (Phi) is 5.72. The second-order valence-corrected chi connectivity index (χ2v) is 7.61. The molecule has 162 valence electrons. The second-order valence-electron chi connectivity index (χ2n) is 7.61. The molecule has 0 fully saturated rings. The van der Waals surface area contributed by atoms with Gasteiger partial charge >= 0.3 is 6.01 Å². The first kappa shape index (κ1) is 20.6. The van der Waals surface area contributed by atoms with Gasteiger partial charge in [0.15, 0.2) is 17.4 Å². The van der Waals surface area contributed by atoms with Crippen LogP contribution in [0.15, 0.2) is 30.3 Å². The van der Waals surface area contributed by atoms with Crippen LogP contribution in [0.3, 0.4) is 0 Å². The number of aromatic amines is 2. The normalized spacial score (nSPS) is 11.3. The Morgan fingerprint density at radius 1 is 1.03 bits per heavy atom. The van der Waals surface area contributed by atoms with E-state index in [2.05, 4.69) is 40.7 Å². The van der Waals surface area contributed by atoms with E-state index in [0.29, 0.717) is 34.9 Å². The predicted molar refractivity (Wildman–Crippen MR) is 119 cm³/mol. The van der Waals surface area contributed by atoms with Crippen LogP contribution in [0.4, 0.5) is 21.8 Å². The quantitative estimate of drug-likeness (QED) is 0.339. The Morgan fingerprint density at radius 3 is 2.58 bits per heavy atom. The molecule has 9 nitrogen and oxygen atoms in total. The maximum Gasteiger partial charge on any atom is 0.326 e. The van der Waals surface area contributed by atoms with Crippen molar-refractivity contribution in [3.05, 3.63) is 47.5 Å². The fourth-order valence-electron chi connectivity index (χ4n) is 3.11. The van der Waals surface area contributed by atoms with Gasteiger partial charge in [0.25, 0.3) is 0 Å². The van der Waals surface area contributed by atoms with Crippen LogP contribution in [-0.4, -0.2) is 57.2 Å². The highest BCUT2D eigenvalue weighted by Gasteiger charge is 2.14. The number of hydrogen-bond donors (Lipinski definition) is 4. The van der Waals surface area contributed by atoms with E-state index in [4.69, 9.17) is 4.74 Å². The molecule has 4 rings (SSSR count). The summed E-state index contributed by atoms with van der Waals surface area (Å²) in [5, 5.41) is 13.8. The minimum Gasteiger partial charge on any atom is -0.421 e. The van der Waals surface area contributed by atoms with Crippen LogP contribution in [0.25, 0.3) is 10.9 Å². The molecule has 4 aromatic rings. The molecule has 0 saturated carbocycles. The zero-order valence-electron chi connectivity index (χ0n) is 17.9. The molecular weight excluding hydrogens is 399 g/mol. The number of aromatic nitrogens is 5. The van der Waals surface area contributed by atoms with Crippen LogP contribution < -0.4 is 15.4 Å². The lowest BCUT2D eigenvalue weighted by atomic mass is 10.2. The van der Waals surface area contributed by atoms with Crippen molar-refractivity contribution in [2.24, 2.45) is 0 Å². The minimum absolute atomic E-state index is 0.0233. The fourth-order valence-corrected chi connectivity index (χ4v) is 3.11. The van der Waals surface area contributed by atoms with Gasteiger partial charge in [-0.1, -0.05) is 0 Å². The van der Waals surface area contributed by atoms with Crippen molar-refractivity contribution in [2.75, 3.05) is 37.8 Å². The van der Waals surface area contributed by atoms with Gasteiger partial charge in [-0.25, -0.2) is 4.39 Å². The number of hydrogen-bond acceptors (Lipinski definition) is 7. The first-order valence-corrected chi connectivity index (χ1v) is 9.90. The molecule has 4 N–H and O–H groups in total. The summed E-state index contributed by atoms with van der Waals surface area (Å²) < 4.78 is 20.7. The van der Waals surface area contributed by atoms with E-state index in [1.165, 1.54) is 0 Å². The molecule has 0 aliphatic heterocycles. The summed E-state index contributed by atoms with van der Waals surface area (Å²) in [5.74, 6) is 1.23. The lowest BCUT2D eigenvalue weighted by Gasteiger charge is -2.13. The highest BCUT2D eigenvalue weighted by Crippen LogP contribution is 2.30. The molecule has 0 amide bonds. The van der Waals surface area contributed by atoms with Crippen molar-refractivity contribution in [3.63, 3.8) is 0 Å². The zero-order chi connectivity index (χ0) is 22.0. The van der Waals surface area contributed by atoms with Gasteiger partial charge in [0.1, 0.15) is 11.6 Å². The topological polar surface area (TPSA) is 107 Å². The number of benzene rings is 1. The number of H-pyrrole nitrogens is 2. The number of likely N-dealkylation sites (N-methyl/N-ethyl adjacent to an activating group) is 1. The first-order valence-electron chi connectivity index (χ1n) is 9.90. The summed E-state index contributed by atoms with van der Waals surface area (Å²) >= 11 is 0. The predicted octanol–water partition coefficient (Wildman–Crippen LogP) is 3.95. The maximum absolute atomic E-state index is 15.0. The van der Waals surface area contributed by atoms with E-state index >= 15 is 0 Å². The maximum atomic E-state index is 15.0. The first-order chi connectivity index (χ1) is 14.9. The van der Waals surface area contributed by atoms with Crippen LogP contribution in [0.1, 0.15) is 11.4 Å². The Hall–Kier alpha value is -3.66. The number of nitrogens with zero attached hydrogens (tertiary/aromatic N) is 4. The van der Waals surface area contributed by atoms with Gasteiger partial charge < -0.3 is 25.3 Å². The summed E-state index contributed by atoms with van der Waals surface area (Å²) in [4.78, 5) is 13.9. The number of fused-ring (bicyclic) bond motifs is 1. The molecule has 0 unspecified atom stereocenters. The molecular formula is C21H25FN8O. The zero-order valence-corrected chi connectivity index (χ0v) is 17.9. The van der Waals surface area contributed by atoms with Crippen molar-refractivity contribution in [1.29, 1.82) is 0 Å². The summed E-state index contributed by atoms with van der Waals surface area (Å²) in [5.41, 5.74) is 2.49. The van der Waals surface area contributed by atoms with Gasteiger partial charge in [-0.2, -0.15) is 15.1 Å². The Morgan fingerprint density at radius 2 is 1.84 bits per heavy atom. The molecule has 0 bridgehead atoms. The average Bonchev–Trinajstić information content (AvgIpc) is 3.29. The number of rotatable bonds is 8. The third-order valence-corrected chi connectivity index (χ3v) is 4.57. The van der Waals surface area contributed by atoms with E-state index in [9.17, 15) is 4.39 Å². The molecule has 0 aliphatic rings. The van der Waals surface area contributed by atoms with Crippen LogP contribution in [0.2, 0.25) is 0 Å². The van der Waals surface area contributed by atoms with E-state index in [0.717, 1.165) is 17.9 Å². The lowest BCUT2D eigenvalue weighted by molar-refractivity contribution is 0.414. The van der Waals surface area contributed by atoms with Gasteiger partial charge in [-0.05, 0) is 46.1 Å². The number of aryl methyl sites for hydroxylation is 2. The van der Waals surface area contributed by atoms with Gasteiger partial charge in [0.05, 0.1) is 0 Å². The largest absolute Gasteiger partial charge is 0.421 e. The summed E-state index contributed by atoms with van der Waals surface area (Å²) in [6, 6.07) is 8.70. The number of ether oxygens (including phenoxy) is 1. The van der Waals surface area contributed by atoms with Crippen molar-refractivity contribution in [1.82, 2.24) is 30.0 Å². The second kappa shape index (κ2) is 8.60. The minimum atomic E-state index is -0.464. The fraction of sp³-hybridized carbons (Fsp3) is 0.286. The molecule has 0 aliphatic carbocycles. The third-order valence-electron chi connectivity index (χ3n) is 4.57. The van der Waals surface area contributed by atoms with Crippen LogP contribution in [-0.2, 0) is 0 Å². The molecule has 3 aromatic heterocycles. The van der Waals surface area contributed by atoms with Crippen molar-refractivity contribution < 1.29 is 9.13 Å². The van der Waals surface area contributed by atoms with E-state index in [-0.39, 0.29) is 11.8 Å². The van der Waals surface area contributed by atoms with Crippen LogP contribution in [0.5, 0.6) is 11.8 Å². The Bertz CT molecular complexity index is 1200. The SMILES string of the molecule is Cc1cc(Nc2cc(NCCN(C)C)nc(Oc3ccc4[nH]c(C)cc4c3F)n2)n[nH]1. The molecule has 0 atom stereocenters. The number of halogens is 1. The molecule has 3 heterocycles. The van der Waals surface area contributed by atoms with E-state index < -0.39 is 5.82 Å². The van der Waals surface area contributed by atoms with Gasteiger partial charge in [0.2, 0.25) is 0 Å². The van der Waals surface area contributed by atoms with E-state index in [1.54, 1.807) is 24.3 Å². The van der Waals surface area contributed by atoms with Crippen LogP contribution in [0, 0.1) is 19.7 Å². The average molecular weight is 424 g/mol. The van der Waals surface area contributed by atoms with Gasteiger partial charge in [0, 0.05) is 47.5 Å². The summed E-state index contributed by atoms with van der Waals surface area (Å²) in [7, 11) is 3.98. The van der Waals surface area contributed by atoms with Gasteiger partial charge in [-0.15, -0.1) is 0 Å².